The van der Waals surface area contributed by atoms with Gasteiger partial charge in [0.25, 0.3) is 0 Å². The summed E-state index contributed by atoms with van der Waals surface area (Å²) in [5.41, 5.74) is 5.12. The molecule has 30 heavy (non-hydrogen) atoms. The van der Waals surface area contributed by atoms with E-state index < -0.39 is 0 Å². The lowest BCUT2D eigenvalue weighted by Crippen LogP contribution is -2.47. The van der Waals surface area contributed by atoms with Crippen LogP contribution in [0.25, 0.3) is 0 Å². The predicted molar refractivity (Wildman–Crippen MR) is 117 cm³/mol. The van der Waals surface area contributed by atoms with Crippen LogP contribution in [0.5, 0.6) is 11.5 Å². The van der Waals surface area contributed by atoms with Gasteiger partial charge in [-0.3, -0.25) is 0 Å². The first-order chi connectivity index (χ1) is 14.7. The molecule has 6 nitrogen and oxygen atoms in total. The molecule has 2 atom stereocenters. The van der Waals surface area contributed by atoms with Crippen LogP contribution in [0.4, 0.5) is 11.4 Å². The third kappa shape index (κ3) is 4.65. The molecule has 0 aliphatic carbocycles. The Balaban J connectivity index is 1.17. The van der Waals surface area contributed by atoms with Crippen LogP contribution in [0, 0.1) is 13.8 Å². The topological polar surface area (TPSA) is 50.0 Å². The first-order valence-electron chi connectivity index (χ1n) is 10.9. The Morgan fingerprint density at radius 1 is 0.733 bits per heavy atom. The van der Waals surface area contributed by atoms with Crippen molar-refractivity contribution in [3.63, 3.8) is 0 Å². The number of piperazine rings is 1. The van der Waals surface area contributed by atoms with Crippen LogP contribution in [0.1, 0.15) is 11.1 Å². The summed E-state index contributed by atoms with van der Waals surface area (Å²) in [7, 11) is 0. The molecule has 3 heterocycles. The number of benzene rings is 2. The Kier molecular flexibility index (Phi) is 5.44. The van der Waals surface area contributed by atoms with Crippen molar-refractivity contribution in [2.75, 3.05) is 62.4 Å². The number of epoxide rings is 2. The monoisotopic (exact) mass is 410 g/mol. The molecular weight excluding hydrogens is 380 g/mol. The second-order valence-corrected chi connectivity index (χ2v) is 8.40. The Labute approximate surface area is 178 Å². The summed E-state index contributed by atoms with van der Waals surface area (Å²) in [6.45, 7) is 11.3. The third-order valence-corrected chi connectivity index (χ3v) is 5.97. The lowest BCUT2D eigenvalue weighted by molar-refractivity contribution is 0.263. The summed E-state index contributed by atoms with van der Waals surface area (Å²) in [5.74, 6) is 1.85. The minimum atomic E-state index is 0.286. The lowest BCUT2D eigenvalue weighted by atomic mass is 10.1. The maximum atomic E-state index is 5.82. The van der Waals surface area contributed by atoms with E-state index >= 15 is 0 Å². The Bertz CT molecular complexity index is 813. The molecule has 160 valence electrons. The van der Waals surface area contributed by atoms with E-state index in [9.17, 15) is 0 Å². The van der Waals surface area contributed by atoms with Gasteiger partial charge < -0.3 is 28.7 Å². The molecule has 5 rings (SSSR count). The second-order valence-electron chi connectivity index (χ2n) is 8.40. The fourth-order valence-corrected chi connectivity index (χ4v) is 4.04. The van der Waals surface area contributed by atoms with Gasteiger partial charge in [0.2, 0.25) is 0 Å². The molecule has 2 aromatic rings. The van der Waals surface area contributed by atoms with E-state index in [0.717, 1.165) is 50.9 Å². The number of rotatable bonds is 8. The van der Waals surface area contributed by atoms with Gasteiger partial charge in [-0.25, -0.2) is 0 Å². The van der Waals surface area contributed by atoms with Crippen molar-refractivity contribution < 1.29 is 18.9 Å². The predicted octanol–water partition coefficient (Wildman–Crippen LogP) is 3.19. The van der Waals surface area contributed by atoms with E-state index in [4.69, 9.17) is 18.9 Å². The van der Waals surface area contributed by atoms with E-state index in [1.807, 2.05) is 0 Å². The zero-order valence-electron chi connectivity index (χ0n) is 17.8. The molecule has 0 amide bonds. The molecular formula is C24H30N2O4. The second kappa shape index (κ2) is 8.36. The van der Waals surface area contributed by atoms with Crippen LogP contribution in [0.2, 0.25) is 0 Å². The average Bonchev–Trinajstić information content (AvgIpc) is 3.67. The smallest absolute Gasteiger partial charge is 0.119 e. The summed E-state index contributed by atoms with van der Waals surface area (Å²) in [6, 6.07) is 12.8. The van der Waals surface area contributed by atoms with Gasteiger partial charge in [-0.2, -0.15) is 0 Å². The van der Waals surface area contributed by atoms with E-state index in [1.165, 1.54) is 22.5 Å². The Morgan fingerprint density at radius 3 is 1.47 bits per heavy atom. The SMILES string of the molecule is Cc1cc(OCC2CO2)ccc1N1CCN(c2ccc(OCC3CO3)cc2C)CC1. The van der Waals surface area contributed by atoms with Crippen molar-refractivity contribution in [2.45, 2.75) is 26.1 Å². The number of aryl methyl sites for hydroxylation is 2. The highest BCUT2D eigenvalue weighted by molar-refractivity contribution is 5.60. The van der Waals surface area contributed by atoms with Gasteiger partial charge in [-0.15, -0.1) is 0 Å². The molecule has 0 aromatic heterocycles. The molecule has 3 aliphatic rings. The number of nitrogens with zero attached hydrogens (tertiary/aromatic N) is 2. The molecule has 0 spiro atoms. The number of hydrogen-bond acceptors (Lipinski definition) is 6. The molecule has 0 saturated carbocycles. The van der Waals surface area contributed by atoms with E-state index in [2.05, 4.69) is 60.0 Å². The molecule has 0 radical (unpaired) electrons. The maximum absolute atomic E-state index is 5.82. The van der Waals surface area contributed by atoms with Crippen molar-refractivity contribution in [1.29, 1.82) is 0 Å². The molecule has 2 unspecified atom stereocenters. The molecule has 3 aliphatic heterocycles. The molecule has 2 aromatic carbocycles. The molecule has 3 fully saturated rings. The third-order valence-electron chi connectivity index (χ3n) is 5.97. The Hall–Kier alpha value is -2.44. The zero-order chi connectivity index (χ0) is 20.5. The van der Waals surface area contributed by atoms with Crippen molar-refractivity contribution in [3.8, 4) is 11.5 Å². The van der Waals surface area contributed by atoms with Crippen molar-refractivity contribution in [3.05, 3.63) is 47.5 Å². The minimum Gasteiger partial charge on any atom is -0.491 e. The standard InChI is InChI=1S/C24H30N2O4/c1-17-11-19(27-13-21-15-29-21)3-5-23(17)25-7-9-26(10-8-25)24-6-4-20(12-18(24)2)28-14-22-16-30-22/h3-6,11-12,21-22H,7-10,13-16H2,1-2H3. The van der Waals surface area contributed by atoms with Gasteiger partial charge in [-0.1, -0.05) is 0 Å². The number of anilines is 2. The number of ether oxygens (including phenoxy) is 4. The van der Waals surface area contributed by atoms with Gasteiger partial charge in [0.05, 0.1) is 13.2 Å². The summed E-state index contributed by atoms with van der Waals surface area (Å²) in [6.07, 6.45) is 0.573. The summed E-state index contributed by atoms with van der Waals surface area (Å²) in [5, 5.41) is 0. The maximum Gasteiger partial charge on any atom is 0.119 e. The zero-order valence-corrected chi connectivity index (χ0v) is 17.8. The summed E-state index contributed by atoms with van der Waals surface area (Å²) in [4.78, 5) is 4.95. The normalized spacial score (nSPS) is 22.7. The average molecular weight is 411 g/mol. The molecule has 0 bridgehead atoms. The lowest BCUT2D eigenvalue weighted by Gasteiger charge is -2.38. The van der Waals surface area contributed by atoms with Gasteiger partial charge in [-0.05, 0) is 61.4 Å². The molecule has 3 saturated heterocycles. The largest absolute Gasteiger partial charge is 0.491 e. The first-order valence-corrected chi connectivity index (χ1v) is 10.9. The molecule has 6 heteroatoms. The van der Waals surface area contributed by atoms with Crippen molar-refractivity contribution in [2.24, 2.45) is 0 Å². The van der Waals surface area contributed by atoms with Gasteiger partial charge in [0.1, 0.15) is 36.9 Å². The van der Waals surface area contributed by atoms with Gasteiger partial charge in [0.15, 0.2) is 0 Å². The summed E-state index contributed by atoms with van der Waals surface area (Å²) >= 11 is 0. The van der Waals surface area contributed by atoms with Gasteiger partial charge >= 0.3 is 0 Å². The highest BCUT2D eigenvalue weighted by Crippen LogP contribution is 2.30. The van der Waals surface area contributed by atoms with Crippen molar-refractivity contribution in [1.82, 2.24) is 0 Å². The fraction of sp³-hybridized carbons (Fsp3) is 0.500. The highest BCUT2D eigenvalue weighted by atomic mass is 16.6. The quantitative estimate of drug-likeness (QED) is 0.623. The highest BCUT2D eigenvalue weighted by Gasteiger charge is 2.24. The van der Waals surface area contributed by atoms with Crippen LogP contribution in [-0.2, 0) is 9.47 Å². The molecule has 0 N–H and O–H groups in total. The van der Waals surface area contributed by atoms with E-state index in [0.29, 0.717) is 13.2 Å². The summed E-state index contributed by atoms with van der Waals surface area (Å²) < 4.78 is 22.1. The van der Waals surface area contributed by atoms with Crippen LogP contribution in [-0.4, -0.2) is 64.8 Å². The minimum absolute atomic E-state index is 0.286. The van der Waals surface area contributed by atoms with Gasteiger partial charge in [0, 0.05) is 37.6 Å². The van der Waals surface area contributed by atoms with Crippen LogP contribution in [0.3, 0.4) is 0 Å². The van der Waals surface area contributed by atoms with Crippen LogP contribution in [0.15, 0.2) is 36.4 Å². The van der Waals surface area contributed by atoms with E-state index in [-0.39, 0.29) is 12.2 Å². The van der Waals surface area contributed by atoms with Crippen LogP contribution >= 0.6 is 0 Å². The van der Waals surface area contributed by atoms with E-state index in [1.54, 1.807) is 0 Å². The fourth-order valence-electron chi connectivity index (χ4n) is 4.04. The van der Waals surface area contributed by atoms with Crippen molar-refractivity contribution >= 4 is 11.4 Å². The first kappa shape index (κ1) is 19.5. The Morgan fingerprint density at radius 2 is 1.13 bits per heavy atom. The van der Waals surface area contributed by atoms with Crippen LogP contribution < -0.4 is 19.3 Å². The number of hydrogen-bond donors (Lipinski definition) is 0.